The number of carbonyl (C=O) groups is 2. The summed E-state index contributed by atoms with van der Waals surface area (Å²) in [6, 6.07) is -1.04. The highest BCUT2D eigenvalue weighted by Crippen LogP contribution is 2.26. The lowest BCUT2D eigenvalue weighted by atomic mass is 9.99. The maximum atomic E-state index is 13.4. The first kappa shape index (κ1) is 73.6. The van der Waals surface area contributed by atoms with Gasteiger partial charge in [-0.25, -0.2) is 0 Å². The number of unbranched alkanes of at least 4 members (excludes halogenated alkanes) is 25. The zero-order valence-corrected chi connectivity index (χ0v) is 50.2. The monoisotopic (exact) mass is 1110 g/mol. The van der Waals surface area contributed by atoms with Crippen LogP contribution in [0.4, 0.5) is 0 Å². The SMILES string of the molecule is CC/C=C\C/C=C\C/C=C\C/C=C\C/C=C\C/C=C\CCCCCCCC(O)C(=O)NC(COC1OC(CO)C(O)C(O)C1OC(=O)CCCCC/C=C\CCCCCCCCC)C(O)/C=C/CCCCCCCCCCCC. The molecule has 1 saturated heterocycles. The summed E-state index contributed by atoms with van der Waals surface area (Å²) in [6.45, 7) is 5.65. The van der Waals surface area contributed by atoms with Crippen molar-refractivity contribution < 1.29 is 49.3 Å². The lowest BCUT2D eigenvalue weighted by Gasteiger charge is -2.41. The second-order valence-electron chi connectivity index (χ2n) is 21.8. The molecule has 11 heteroatoms. The molecule has 0 spiro atoms. The molecule has 454 valence electrons. The van der Waals surface area contributed by atoms with E-state index in [0.717, 1.165) is 116 Å². The van der Waals surface area contributed by atoms with Crippen LogP contribution in [0.2, 0.25) is 0 Å². The molecule has 0 bridgehead atoms. The van der Waals surface area contributed by atoms with Crippen molar-refractivity contribution in [1.29, 1.82) is 0 Å². The number of hydrogen-bond acceptors (Lipinski definition) is 10. The Morgan fingerprint density at radius 3 is 1.38 bits per heavy atom. The average Bonchev–Trinajstić information content (AvgIpc) is 3.46. The van der Waals surface area contributed by atoms with Crippen molar-refractivity contribution in [2.45, 2.75) is 307 Å². The molecule has 1 aliphatic heterocycles. The Kier molecular flexibility index (Phi) is 51.4. The first-order chi connectivity index (χ1) is 38.7. The van der Waals surface area contributed by atoms with E-state index in [4.69, 9.17) is 14.2 Å². The van der Waals surface area contributed by atoms with Gasteiger partial charge < -0.3 is 45.1 Å². The number of ether oxygens (including phenoxy) is 3. The summed E-state index contributed by atoms with van der Waals surface area (Å²) < 4.78 is 17.6. The van der Waals surface area contributed by atoms with Crippen molar-refractivity contribution >= 4 is 11.9 Å². The van der Waals surface area contributed by atoms with E-state index in [9.17, 15) is 35.1 Å². The van der Waals surface area contributed by atoms with Crippen molar-refractivity contribution in [3.63, 3.8) is 0 Å². The minimum absolute atomic E-state index is 0.0979. The third-order valence-corrected chi connectivity index (χ3v) is 14.5. The van der Waals surface area contributed by atoms with Crippen LogP contribution < -0.4 is 5.32 Å². The highest BCUT2D eigenvalue weighted by atomic mass is 16.7. The van der Waals surface area contributed by atoms with Crippen LogP contribution in [0.15, 0.2) is 97.2 Å². The van der Waals surface area contributed by atoms with Gasteiger partial charge in [-0.1, -0.05) is 246 Å². The van der Waals surface area contributed by atoms with Crippen LogP contribution in [-0.4, -0.2) is 99.6 Å². The summed E-state index contributed by atoms with van der Waals surface area (Å²) in [5.41, 5.74) is 0. The maximum Gasteiger partial charge on any atom is 0.306 e. The third-order valence-electron chi connectivity index (χ3n) is 14.5. The van der Waals surface area contributed by atoms with E-state index in [-0.39, 0.29) is 19.4 Å². The topological polar surface area (TPSA) is 175 Å². The van der Waals surface area contributed by atoms with Crippen molar-refractivity contribution in [3.8, 4) is 0 Å². The van der Waals surface area contributed by atoms with Crippen molar-refractivity contribution in [2.75, 3.05) is 13.2 Å². The molecule has 0 saturated carbocycles. The zero-order valence-electron chi connectivity index (χ0n) is 50.2. The number of allylic oxidation sites excluding steroid dienone is 15. The van der Waals surface area contributed by atoms with Crippen LogP contribution >= 0.6 is 0 Å². The van der Waals surface area contributed by atoms with Crippen LogP contribution in [-0.2, 0) is 23.8 Å². The summed E-state index contributed by atoms with van der Waals surface area (Å²) in [5.74, 6) is -1.23. The molecule has 0 aromatic carbocycles. The van der Waals surface area contributed by atoms with Crippen molar-refractivity contribution in [3.05, 3.63) is 97.2 Å². The van der Waals surface area contributed by atoms with Gasteiger partial charge in [-0.15, -0.1) is 0 Å². The first-order valence-corrected chi connectivity index (χ1v) is 32.0. The lowest BCUT2D eigenvalue weighted by Crippen LogP contribution is -2.61. The molecular weight excluding hydrogens is 991 g/mol. The number of carbonyl (C=O) groups excluding carboxylic acids is 2. The van der Waals surface area contributed by atoms with Gasteiger partial charge in [0.2, 0.25) is 5.91 Å². The highest BCUT2D eigenvalue weighted by Gasteiger charge is 2.47. The predicted octanol–water partition coefficient (Wildman–Crippen LogP) is 15.5. The number of aliphatic hydroxyl groups excluding tert-OH is 5. The van der Waals surface area contributed by atoms with Crippen molar-refractivity contribution in [2.24, 2.45) is 0 Å². The molecule has 1 fully saturated rings. The van der Waals surface area contributed by atoms with Gasteiger partial charge in [0.25, 0.3) is 0 Å². The van der Waals surface area contributed by atoms with Gasteiger partial charge in [0.1, 0.15) is 24.4 Å². The standard InChI is InChI=1S/C68H117NO10/c1-4-7-10-13-16-19-22-25-27-28-29-30-31-32-33-34-35-36-37-40-43-46-49-52-55-61(72)67(76)69-59(60(71)54-51-48-45-42-39-24-21-18-15-12-9-6-3)58-77-68-66(65(75)64(74)62(57-70)78-68)79-63(73)56-53-50-47-44-41-38-26-23-20-17-14-11-8-5-2/h7,10,16,19,25,27,29-30,32-33,35-36,38,41,51,54,59-62,64-66,68,70-72,74-75H,4-6,8-9,11-15,17-18,20-24,26,28,31,34,37,39-40,42-50,52-53,55-58H2,1-3H3,(H,69,76)/b10-7-,19-16-,27-25-,30-29-,33-32-,36-35-,41-38-,54-51+. The molecule has 8 atom stereocenters. The van der Waals surface area contributed by atoms with Gasteiger partial charge in [-0.2, -0.15) is 0 Å². The molecule has 11 nitrogen and oxygen atoms in total. The second-order valence-corrected chi connectivity index (χ2v) is 21.8. The molecule has 0 aromatic rings. The van der Waals surface area contributed by atoms with Crippen molar-refractivity contribution in [1.82, 2.24) is 5.32 Å². The smallest absolute Gasteiger partial charge is 0.306 e. The van der Waals surface area contributed by atoms with E-state index in [1.807, 2.05) is 6.08 Å². The summed E-state index contributed by atoms with van der Waals surface area (Å²) in [7, 11) is 0. The fourth-order valence-electron chi connectivity index (χ4n) is 9.41. The Morgan fingerprint density at radius 2 is 0.911 bits per heavy atom. The fourth-order valence-corrected chi connectivity index (χ4v) is 9.41. The van der Waals surface area contributed by atoms with E-state index in [0.29, 0.717) is 12.8 Å². The fraction of sp³-hybridized carbons (Fsp3) is 0.735. The summed E-state index contributed by atoms with van der Waals surface area (Å²) in [5, 5.41) is 57.0. The van der Waals surface area contributed by atoms with Crippen LogP contribution in [0.3, 0.4) is 0 Å². The molecule has 79 heavy (non-hydrogen) atoms. The van der Waals surface area contributed by atoms with Gasteiger partial charge in [0, 0.05) is 6.42 Å². The Bertz CT molecular complexity index is 1650. The highest BCUT2D eigenvalue weighted by molar-refractivity contribution is 5.80. The molecule has 0 radical (unpaired) electrons. The maximum absolute atomic E-state index is 13.4. The quantitative estimate of drug-likeness (QED) is 0.0195. The number of rotatable bonds is 53. The Balaban J connectivity index is 2.67. The molecule has 1 rings (SSSR count). The summed E-state index contributed by atoms with van der Waals surface area (Å²) >= 11 is 0. The first-order valence-electron chi connectivity index (χ1n) is 32.0. The number of nitrogens with one attached hydrogen (secondary N) is 1. The predicted molar refractivity (Wildman–Crippen MR) is 329 cm³/mol. The Morgan fingerprint density at radius 1 is 0.506 bits per heavy atom. The molecule has 0 aliphatic carbocycles. The zero-order chi connectivity index (χ0) is 57.5. The molecule has 1 amide bonds. The summed E-state index contributed by atoms with van der Waals surface area (Å²) in [6.07, 6.45) is 63.0. The molecule has 1 aliphatic rings. The van der Waals surface area contributed by atoms with E-state index >= 15 is 0 Å². The third kappa shape index (κ3) is 43.0. The second kappa shape index (κ2) is 55.1. The van der Waals surface area contributed by atoms with Gasteiger partial charge in [-0.05, 0) is 103 Å². The number of esters is 1. The van der Waals surface area contributed by atoms with Crippen LogP contribution in [0.5, 0.6) is 0 Å². The van der Waals surface area contributed by atoms with E-state index < -0.39 is 67.4 Å². The molecular formula is C68H117NO10. The number of aliphatic hydroxyl groups is 5. The van der Waals surface area contributed by atoms with Gasteiger partial charge in [-0.3, -0.25) is 9.59 Å². The normalized spacial score (nSPS) is 19.5. The van der Waals surface area contributed by atoms with E-state index in [1.54, 1.807) is 6.08 Å². The molecule has 6 N–H and O–H groups in total. The Labute approximate surface area is 482 Å². The van der Waals surface area contributed by atoms with Crippen LogP contribution in [0.25, 0.3) is 0 Å². The van der Waals surface area contributed by atoms with Crippen LogP contribution in [0, 0.1) is 0 Å². The number of hydrogen-bond donors (Lipinski definition) is 6. The van der Waals surface area contributed by atoms with Gasteiger partial charge >= 0.3 is 5.97 Å². The largest absolute Gasteiger partial charge is 0.454 e. The van der Waals surface area contributed by atoms with Gasteiger partial charge in [0.05, 0.1) is 25.4 Å². The minimum Gasteiger partial charge on any atom is -0.454 e. The molecule has 1 heterocycles. The van der Waals surface area contributed by atoms with E-state index in [1.165, 1.54) is 96.3 Å². The Hall–Kier alpha value is -3.42. The molecule has 8 unspecified atom stereocenters. The van der Waals surface area contributed by atoms with Gasteiger partial charge in [0.15, 0.2) is 12.4 Å². The summed E-state index contributed by atoms with van der Waals surface area (Å²) in [4.78, 5) is 26.5. The number of amides is 1. The average molecular weight is 1110 g/mol. The minimum atomic E-state index is -1.63. The lowest BCUT2D eigenvalue weighted by molar-refractivity contribution is -0.305. The van der Waals surface area contributed by atoms with E-state index in [2.05, 4.69) is 111 Å². The molecule has 0 aromatic heterocycles. The van der Waals surface area contributed by atoms with Crippen LogP contribution in [0.1, 0.15) is 258 Å².